The van der Waals surface area contributed by atoms with Crippen LogP contribution < -0.4 is 4.84 Å². The van der Waals surface area contributed by atoms with Crippen LogP contribution in [0.4, 0.5) is 0 Å². The zero-order valence-electron chi connectivity index (χ0n) is 6.39. The molecule has 2 rings (SSSR count). The fraction of sp³-hybridized carbons (Fsp3) is 0.143. The summed E-state index contributed by atoms with van der Waals surface area (Å²) in [6.45, 7) is 0. The highest BCUT2D eigenvalue weighted by atomic mass is 32.2. The first-order valence-electron chi connectivity index (χ1n) is 3.38. The van der Waals surface area contributed by atoms with E-state index in [0.29, 0.717) is 0 Å². The van der Waals surface area contributed by atoms with Gasteiger partial charge in [0.05, 0.1) is 24.0 Å². The molecule has 0 aromatic heterocycles. The van der Waals surface area contributed by atoms with E-state index in [2.05, 4.69) is 4.99 Å². The van der Waals surface area contributed by atoms with Crippen molar-refractivity contribution in [2.45, 2.75) is 4.90 Å². The lowest BCUT2D eigenvalue weighted by molar-refractivity contribution is -0.437. The van der Waals surface area contributed by atoms with E-state index in [9.17, 15) is 0 Å². The molecular weight excluding hydrogens is 178 g/mol. The van der Waals surface area contributed by atoms with Gasteiger partial charge in [-0.15, -0.1) is 4.33 Å². The highest BCUT2D eigenvalue weighted by Crippen LogP contribution is 2.32. The predicted octanol–water partition coefficient (Wildman–Crippen LogP) is 1.80. The maximum atomic E-state index is 5.22. The van der Waals surface area contributed by atoms with E-state index in [-0.39, 0.29) is 0 Å². The Kier molecular flexibility index (Phi) is 2.18. The van der Waals surface area contributed by atoms with Gasteiger partial charge in [-0.25, -0.2) is 0 Å². The van der Waals surface area contributed by atoms with Crippen LogP contribution in [0.1, 0.15) is 0 Å². The normalized spacial score (nSPS) is 17.8. The molecular formula is C7H7NO3S. The van der Waals surface area contributed by atoms with Gasteiger partial charge in [0.1, 0.15) is 0 Å². The molecule has 1 aromatic carbocycles. The van der Waals surface area contributed by atoms with Crippen LogP contribution in [0.5, 0.6) is 5.75 Å². The van der Waals surface area contributed by atoms with E-state index in [1.807, 2.05) is 24.3 Å². The molecule has 0 unspecified atom stereocenters. The number of hydrogen-bond donors (Lipinski definition) is 0. The largest absolute Gasteiger partial charge is 0.377 e. The van der Waals surface area contributed by atoms with Crippen LogP contribution in [0.15, 0.2) is 29.2 Å². The van der Waals surface area contributed by atoms with Crippen molar-refractivity contribution in [3.63, 3.8) is 0 Å². The molecule has 0 atom stereocenters. The molecule has 0 saturated carbocycles. The van der Waals surface area contributed by atoms with Gasteiger partial charge in [0.25, 0.3) is 0 Å². The van der Waals surface area contributed by atoms with Crippen LogP contribution in [0.25, 0.3) is 0 Å². The van der Waals surface area contributed by atoms with Gasteiger partial charge in [-0.2, -0.15) is 0 Å². The van der Waals surface area contributed by atoms with Gasteiger partial charge in [0.15, 0.2) is 5.75 Å². The SMILES string of the molecule is CN1OOSc2ccccc2O1. The van der Waals surface area contributed by atoms with Crippen LogP contribution in [-0.2, 0) is 9.32 Å². The van der Waals surface area contributed by atoms with Crippen LogP contribution >= 0.6 is 12.0 Å². The Labute approximate surface area is 74.1 Å². The van der Waals surface area contributed by atoms with Gasteiger partial charge in [-0.05, 0) is 12.1 Å². The van der Waals surface area contributed by atoms with Crippen LogP contribution in [0, 0.1) is 0 Å². The molecule has 0 aliphatic carbocycles. The first-order chi connectivity index (χ1) is 5.86. The first kappa shape index (κ1) is 7.88. The van der Waals surface area contributed by atoms with E-state index in [1.54, 1.807) is 7.05 Å². The summed E-state index contributed by atoms with van der Waals surface area (Å²) in [6, 6.07) is 7.53. The second-order valence-corrected chi connectivity index (χ2v) is 2.95. The molecule has 4 nitrogen and oxygen atoms in total. The van der Waals surface area contributed by atoms with Crippen molar-refractivity contribution in [3.05, 3.63) is 24.3 Å². The van der Waals surface area contributed by atoms with Crippen LogP contribution in [-0.4, -0.2) is 12.3 Å². The number of hydrogen-bond acceptors (Lipinski definition) is 5. The number of rotatable bonds is 0. The quantitative estimate of drug-likeness (QED) is 0.454. The van der Waals surface area contributed by atoms with Crippen LogP contribution in [0.3, 0.4) is 0 Å². The minimum Gasteiger partial charge on any atom is -0.377 e. The van der Waals surface area contributed by atoms with Gasteiger partial charge in [0, 0.05) is 5.23 Å². The van der Waals surface area contributed by atoms with Crippen molar-refractivity contribution < 1.29 is 14.2 Å². The lowest BCUT2D eigenvalue weighted by Crippen LogP contribution is -2.20. The van der Waals surface area contributed by atoms with Crippen molar-refractivity contribution in [3.8, 4) is 5.75 Å². The second kappa shape index (κ2) is 3.32. The van der Waals surface area contributed by atoms with Crippen molar-refractivity contribution in [1.82, 2.24) is 5.23 Å². The average molecular weight is 185 g/mol. The molecule has 1 aliphatic heterocycles. The molecule has 0 N–H and O–H groups in total. The summed E-state index contributed by atoms with van der Waals surface area (Å²) >= 11 is 1.12. The van der Waals surface area contributed by atoms with Crippen molar-refractivity contribution >= 4 is 12.0 Å². The zero-order chi connectivity index (χ0) is 8.39. The van der Waals surface area contributed by atoms with E-state index in [0.717, 1.165) is 27.9 Å². The van der Waals surface area contributed by atoms with Gasteiger partial charge < -0.3 is 4.84 Å². The van der Waals surface area contributed by atoms with Gasteiger partial charge in [-0.1, -0.05) is 17.1 Å². The second-order valence-electron chi connectivity index (χ2n) is 2.20. The Morgan fingerprint density at radius 1 is 1.33 bits per heavy atom. The molecule has 0 bridgehead atoms. The summed E-state index contributed by atoms with van der Waals surface area (Å²) in [4.78, 5) is 10.8. The number of para-hydroxylation sites is 1. The lowest BCUT2D eigenvalue weighted by atomic mass is 10.3. The average Bonchev–Trinajstić information content (AvgIpc) is 2.25. The molecule has 0 amide bonds. The number of hydroxylamine groups is 2. The monoisotopic (exact) mass is 185 g/mol. The van der Waals surface area contributed by atoms with Crippen LogP contribution in [0.2, 0.25) is 0 Å². The molecule has 0 saturated heterocycles. The number of benzene rings is 1. The summed E-state index contributed by atoms with van der Waals surface area (Å²) in [5.41, 5.74) is 0. The number of fused-ring (bicyclic) bond motifs is 1. The summed E-state index contributed by atoms with van der Waals surface area (Å²) in [5.74, 6) is 0.725. The Balaban J connectivity index is 2.31. The lowest BCUT2D eigenvalue weighted by Gasteiger charge is -2.09. The maximum Gasteiger partial charge on any atom is 0.166 e. The fourth-order valence-corrected chi connectivity index (χ4v) is 1.35. The molecule has 1 aromatic rings. The number of nitrogens with zero attached hydrogens (tertiary/aromatic N) is 1. The smallest absolute Gasteiger partial charge is 0.166 e. The third-order valence-corrected chi connectivity index (χ3v) is 1.98. The van der Waals surface area contributed by atoms with Crippen molar-refractivity contribution in [1.29, 1.82) is 0 Å². The summed E-state index contributed by atoms with van der Waals surface area (Å²) in [7, 11) is 1.61. The Morgan fingerprint density at radius 3 is 3.08 bits per heavy atom. The molecule has 64 valence electrons. The Hall–Kier alpha value is -0.750. The summed E-state index contributed by atoms with van der Waals surface area (Å²) < 4.78 is 4.75. The van der Waals surface area contributed by atoms with Crippen molar-refractivity contribution in [2.24, 2.45) is 0 Å². The van der Waals surface area contributed by atoms with Crippen molar-refractivity contribution in [2.75, 3.05) is 7.05 Å². The van der Waals surface area contributed by atoms with E-state index in [1.165, 1.54) is 0 Å². The molecule has 0 radical (unpaired) electrons. The maximum absolute atomic E-state index is 5.22. The Bertz CT molecular complexity index is 281. The highest BCUT2D eigenvalue weighted by Gasteiger charge is 2.13. The predicted molar refractivity (Wildman–Crippen MR) is 42.9 cm³/mol. The minimum atomic E-state index is 0.725. The van der Waals surface area contributed by atoms with Gasteiger partial charge >= 0.3 is 0 Å². The van der Waals surface area contributed by atoms with E-state index >= 15 is 0 Å². The van der Waals surface area contributed by atoms with E-state index in [4.69, 9.17) is 9.17 Å². The van der Waals surface area contributed by atoms with E-state index < -0.39 is 0 Å². The molecule has 5 heteroatoms. The Morgan fingerprint density at radius 2 is 2.17 bits per heavy atom. The molecule has 0 spiro atoms. The topological polar surface area (TPSA) is 30.9 Å². The summed E-state index contributed by atoms with van der Waals surface area (Å²) in [5, 5.41) is 1.15. The summed E-state index contributed by atoms with van der Waals surface area (Å²) in [6.07, 6.45) is 0. The van der Waals surface area contributed by atoms with Gasteiger partial charge in [0.2, 0.25) is 0 Å². The third-order valence-electron chi connectivity index (χ3n) is 1.34. The standard InChI is InChI=1S/C7H7NO3S/c1-8-9-6-4-2-3-5-7(6)12-11-10-8/h2-5H,1H3. The molecule has 0 fully saturated rings. The van der Waals surface area contributed by atoms with Gasteiger partial charge in [-0.3, -0.25) is 0 Å². The molecule has 1 aliphatic rings. The highest BCUT2D eigenvalue weighted by molar-refractivity contribution is 7.94. The minimum absolute atomic E-state index is 0.725. The fourth-order valence-electron chi connectivity index (χ4n) is 0.843. The third kappa shape index (κ3) is 1.54. The molecule has 12 heavy (non-hydrogen) atoms. The molecule has 1 heterocycles. The zero-order valence-corrected chi connectivity index (χ0v) is 7.21. The first-order valence-corrected chi connectivity index (χ1v) is 4.12.